The molecule has 1 aliphatic carbocycles. The first-order chi connectivity index (χ1) is 5.84. The quantitative estimate of drug-likeness (QED) is 0.581. The standard InChI is InChI=1S/C10H8ClF/c11-8-10(12)9-6-4-2-1-3-5-7-9/h1-8H/b2-1-,3-1?,4-2?,5-3-,6-4-,7-5?,9-6?,9-7+,10-8-. The Morgan fingerprint density at radius 3 is 2.58 bits per heavy atom. The van der Waals surface area contributed by atoms with Gasteiger partial charge >= 0.3 is 0 Å². The van der Waals surface area contributed by atoms with Crippen LogP contribution in [-0.2, 0) is 0 Å². The summed E-state index contributed by atoms with van der Waals surface area (Å²) in [4.78, 5) is 0. The highest BCUT2D eigenvalue weighted by molar-refractivity contribution is 6.25. The summed E-state index contributed by atoms with van der Waals surface area (Å²) in [6.07, 6.45) is 12.4. The Balaban J connectivity index is 2.90. The van der Waals surface area contributed by atoms with Crippen molar-refractivity contribution in [3.63, 3.8) is 0 Å². The Hall–Kier alpha value is -1.08. The van der Waals surface area contributed by atoms with E-state index in [2.05, 4.69) is 0 Å². The summed E-state index contributed by atoms with van der Waals surface area (Å²) >= 11 is 5.23. The van der Waals surface area contributed by atoms with Crippen LogP contribution in [0.4, 0.5) is 4.39 Å². The van der Waals surface area contributed by atoms with Gasteiger partial charge in [0.05, 0.1) is 0 Å². The van der Waals surface area contributed by atoms with Crippen LogP contribution in [0.15, 0.2) is 59.5 Å². The predicted octanol–water partition coefficient (Wildman–Crippen LogP) is 3.64. The molecule has 0 aromatic rings. The number of hydrogen-bond donors (Lipinski definition) is 0. The summed E-state index contributed by atoms with van der Waals surface area (Å²) in [5.74, 6) is -0.423. The third kappa shape index (κ3) is 2.51. The van der Waals surface area contributed by atoms with Gasteiger partial charge in [0.25, 0.3) is 0 Å². The fraction of sp³-hybridized carbons (Fsp3) is 0. The van der Waals surface area contributed by atoms with E-state index in [1.54, 1.807) is 24.3 Å². The van der Waals surface area contributed by atoms with Crippen LogP contribution < -0.4 is 0 Å². The minimum Gasteiger partial charge on any atom is -0.205 e. The van der Waals surface area contributed by atoms with Crippen molar-refractivity contribution in [2.75, 3.05) is 0 Å². The van der Waals surface area contributed by atoms with Gasteiger partial charge < -0.3 is 0 Å². The van der Waals surface area contributed by atoms with Gasteiger partial charge in [-0.1, -0.05) is 54.1 Å². The fourth-order valence-electron chi connectivity index (χ4n) is 0.789. The van der Waals surface area contributed by atoms with E-state index in [-0.39, 0.29) is 0 Å². The second kappa shape index (κ2) is 4.73. The van der Waals surface area contributed by atoms with Crippen molar-refractivity contribution in [2.24, 2.45) is 0 Å². The van der Waals surface area contributed by atoms with E-state index in [4.69, 9.17) is 11.6 Å². The van der Waals surface area contributed by atoms with Crippen molar-refractivity contribution in [3.05, 3.63) is 59.5 Å². The average Bonchev–Trinajstić information content (AvgIpc) is 2.02. The van der Waals surface area contributed by atoms with Crippen molar-refractivity contribution >= 4 is 11.6 Å². The first kappa shape index (κ1) is 9.01. The van der Waals surface area contributed by atoms with Crippen LogP contribution in [0.25, 0.3) is 0 Å². The lowest BCUT2D eigenvalue weighted by Gasteiger charge is -1.95. The second-order valence-corrected chi connectivity index (χ2v) is 2.43. The summed E-state index contributed by atoms with van der Waals surface area (Å²) in [5.41, 5.74) is 1.40. The Bertz CT molecular complexity index is 293. The lowest BCUT2D eigenvalue weighted by molar-refractivity contribution is 0.659. The molecule has 0 aromatic carbocycles. The highest BCUT2D eigenvalue weighted by Crippen LogP contribution is 2.15. The Kier molecular flexibility index (Phi) is 3.55. The van der Waals surface area contributed by atoms with E-state index in [1.807, 2.05) is 18.2 Å². The molecule has 0 radical (unpaired) electrons. The van der Waals surface area contributed by atoms with Gasteiger partial charge in [0.15, 0.2) is 0 Å². The highest BCUT2D eigenvalue weighted by Gasteiger charge is 1.97. The number of rotatable bonds is 1. The maximum atomic E-state index is 12.9. The molecule has 2 heteroatoms. The lowest BCUT2D eigenvalue weighted by atomic mass is 10.2. The van der Waals surface area contributed by atoms with Crippen LogP contribution in [0.1, 0.15) is 0 Å². The third-order valence-corrected chi connectivity index (χ3v) is 1.56. The zero-order chi connectivity index (χ0) is 8.81. The Morgan fingerprint density at radius 2 is 1.83 bits per heavy atom. The maximum Gasteiger partial charge on any atom is 0.141 e. The van der Waals surface area contributed by atoms with Crippen molar-refractivity contribution in [1.82, 2.24) is 0 Å². The summed E-state index contributed by atoms with van der Waals surface area (Å²) < 4.78 is 12.9. The SMILES string of the molecule is FC(=C\Cl)/C1=C/C=C\C=C/C=C\1. The molecule has 0 fully saturated rings. The normalized spacial score (nSPS) is 29.5. The van der Waals surface area contributed by atoms with Gasteiger partial charge in [0.1, 0.15) is 5.83 Å². The van der Waals surface area contributed by atoms with Crippen molar-refractivity contribution in [1.29, 1.82) is 0 Å². The summed E-state index contributed by atoms with van der Waals surface area (Å²) in [6, 6.07) is 0. The molecule has 0 saturated carbocycles. The minimum atomic E-state index is -0.423. The smallest absolute Gasteiger partial charge is 0.141 e. The summed E-state index contributed by atoms with van der Waals surface area (Å²) in [5, 5.41) is 0. The van der Waals surface area contributed by atoms with Crippen LogP contribution in [0.5, 0.6) is 0 Å². The molecular formula is C10H8ClF. The van der Waals surface area contributed by atoms with Gasteiger partial charge in [-0.05, 0) is 0 Å². The molecule has 0 spiro atoms. The van der Waals surface area contributed by atoms with E-state index >= 15 is 0 Å². The van der Waals surface area contributed by atoms with Gasteiger partial charge in [-0.15, -0.1) is 0 Å². The molecule has 1 rings (SSSR count). The van der Waals surface area contributed by atoms with E-state index in [1.165, 1.54) is 0 Å². The average molecular weight is 183 g/mol. The zero-order valence-corrected chi connectivity index (χ0v) is 7.13. The van der Waals surface area contributed by atoms with Crippen LogP contribution in [-0.4, -0.2) is 0 Å². The molecule has 0 unspecified atom stereocenters. The maximum absolute atomic E-state index is 12.9. The number of halogens is 2. The van der Waals surface area contributed by atoms with Crippen LogP contribution in [0.3, 0.4) is 0 Å². The molecular weight excluding hydrogens is 175 g/mol. The number of allylic oxidation sites excluding steroid dienone is 9. The molecule has 0 nitrogen and oxygen atoms in total. The molecule has 0 atom stereocenters. The largest absolute Gasteiger partial charge is 0.205 e. The van der Waals surface area contributed by atoms with E-state index < -0.39 is 5.83 Å². The van der Waals surface area contributed by atoms with Crippen LogP contribution in [0, 0.1) is 0 Å². The molecule has 0 aliphatic heterocycles. The number of hydrogen-bond acceptors (Lipinski definition) is 0. The molecule has 12 heavy (non-hydrogen) atoms. The molecule has 0 saturated heterocycles. The van der Waals surface area contributed by atoms with Crippen molar-refractivity contribution in [2.45, 2.75) is 0 Å². The summed E-state index contributed by atoms with van der Waals surface area (Å²) in [7, 11) is 0. The summed E-state index contributed by atoms with van der Waals surface area (Å²) in [6.45, 7) is 0. The molecule has 0 bridgehead atoms. The van der Waals surface area contributed by atoms with Gasteiger partial charge in [-0.25, -0.2) is 4.39 Å². The van der Waals surface area contributed by atoms with Crippen LogP contribution >= 0.6 is 11.6 Å². The van der Waals surface area contributed by atoms with Gasteiger partial charge in [0, 0.05) is 11.1 Å². The predicted molar refractivity (Wildman–Crippen MR) is 50.5 cm³/mol. The second-order valence-electron chi connectivity index (χ2n) is 2.21. The zero-order valence-electron chi connectivity index (χ0n) is 6.37. The van der Waals surface area contributed by atoms with Gasteiger partial charge in [-0.2, -0.15) is 0 Å². The third-order valence-electron chi connectivity index (χ3n) is 1.37. The molecule has 0 heterocycles. The van der Waals surface area contributed by atoms with Gasteiger partial charge in [0.2, 0.25) is 0 Å². The first-order valence-electron chi connectivity index (χ1n) is 3.52. The van der Waals surface area contributed by atoms with Crippen molar-refractivity contribution in [3.8, 4) is 0 Å². The molecule has 0 amide bonds. The molecule has 1 aliphatic rings. The molecule has 62 valence electrons. The fourth-order valence-corrected chi connectivity index (χ4v) is 0.915. The van der Waals surface area contributed by atoms with Crippen molar-refractivity contribution < 1.29 is 4.39 Å². The lowest BCUT2D eigenvalue weighted by Crippen LogP contribution is -1.78. The first-order valence-corrected chi connectivity index (χ1v) is 3.96. The minimum absolute atomic E-state index is 0.423. The molecule has 0 aromatic heterocycles. The van der Waals surface area contributed by atoms with Gasteiger partial charge in [-0.3, -0.25) is 0 Å². The van der Waals surface area contributed by atoms with E-state index in [0.717, 1.165) is 5.54 Å². The Morgan fingerprint density at radius 1 is 1.17 bits per heavy atom. The van der Waals surface area contributed by atoms with E-state index in [9.17, 15) is 4.39 Å². The highest BCUT2D eigenvalue weighted by atomic mass is 35.5. The Labute approximate surface area is 76.0 Å². The monoisotopic (exact) mass is 182 g/mol. The van der Waals surface area contributed by atoms with Crippen LogP contribution in [0.2, 0.25) is 0 Å². The topological polar surface area (TPSA) is 0 Å². The van der Waals surface area contributed by atoms with E-state index in [0.29, 0.717) is 5.57 Å². The molecule has 0 N–H and O–H groups in total.